The van der Waals surface area contributed by atoms with E-state index in [4.69, 9.17) is 5.73 Å². The molecule has 1 saturated carbocycles. The largest absolute Gasteiger partial charge is 0.416 e. The van der Waals surface area contributed by atoms with Crippen molar-refractivity contribution in [3.8, 4) is 0 Å². The minimum Gasteiger partial charge on any atom is -0.369 e. The first-order chi connectivity index (χ1) is 11.2. The first-order valence-corrected chi connectivity index (χ1v) is 7.59. The molecule has 2 rings (SSSR count). The molecular weight excluding hydrogens is 323 g/mol. The van der Waals surface area contributed by atoms with Gasteiger partial charge in [0.15, 0.2) is 0 Å². The topological polar surface area (TPSA) is 66.6 Å². The van der Waals surface area contributed by atoms with Gasteiger partial charge < -0.3 is 10.6 Å². The molecule has 2 amide bonds. The van der Waals surface area contributed by atoms with Crippen molar-refractivity contribution in [2.24, 2.45) is 5.73 Å². The lowest BCUT2D eigenvalue weighted by molar-refractivity contribution is -0.138. The summed E-state index contributed by atoms with van der Waals surface area (Å²) in [5.74, 6) is -0.688. The van der Waals surface area contributed by atoms with E-state index in [-0.39, 0.29) is 31.6 Å². The van der Waals surface area contributed by atoms with Crippen LogP contribution in [0.4, 0.5) is 13.2 Å². The van der Waals surface area contributed by atoms with E-state index in [1.54, 1.807) is 11.9 Å². The summed E-state index contributed by atoms with van der Waals surface area (Å²) in [7, 11) is 1.62. The smallest absolute Gasteiger partial charge is 0.369 e. The fourth-order valence-corrected chi connectivity index (χ4v) is 2.45. The van der Waals surface area contributed by atoms with Crippen LogP contribution in [0.1, 0.15) is 24.0 Å². The minimum absolute atomic E-state index is 0.0233. The fraction of sp³-hybridized carbons (Fsp3) is 0.500. The van der Waals surface area contributed by atoms with E-state index in [2.05, 4.69) is 0 Å². The number of carbonyl (C=O) groups is 2. The maximum absolute atomic E-state index is 12.6. The van der Waals surface area contributed by atoms with Crippen LogP contribution in [0.3, 0.4) is 0 Å². The molecular formula is C16H20F3N3O2. The molecule has 1 aliphatic rings. The Morgan fingerprint density at radius 3 is 2.21 bits per heavy atom. The monoisotopic (exact) mass is 343 g/mol. The summed E-state index contributed by atoms with van der Waals surface area (Å²) in [5.41, 5.74) is 5.02. The van der Waals surface area contributed by atoms with Crippen LogP contribution in [0.2, 0.25) is 0 Å². The van der Waals surface area contributed by atoms with E-state index in [1.165, 1.54) is 17.0 Å². The molecule has 0 bridgehead atoms. The van der Waals surface area contributed by atoms with Gasteiger partial charge in [-0.15, -0.1) is 0 Å². The second-order valence-corrected chi connectivity index (χ2v) is 6.09. The van der Waals surface area contributed by atoms with Gasteiger partial charge in [-0.2, -0.15) is 13.2 Å². The third-order valence-corrected chi connectivity index (χ3v) is 3.77. The van der Waals surface area contributed by atoms with Crippen LogP contribution < -0.4 is 5.73 Å². The van der Waals surface area contributed by atoms with Crippen molar-refractivity contribution in [2.75, 3.05) is 20.1 Å². The number of halogens is 3. The Labute approximate surface area is 138 Å². The zero-order chi connectivity index (χ0) is 17.9. The standard InChI is InChI=1S/C16H20F3N3O2/c1-21(9-14(20)23)10-15(24)22(13-6-7-13)8-11-2-4-12(5-3-11)16(17,18)19/h2-5,13H,6-10H2,1H3,(H2,20,23). The van der Waals surface area contributed by atoms with E-state index in [0.29, 0.717) is 5.56 Å². The number of amides is 2. The highest BCUT2D eigenvalue weighted by Gasteiger charge is 2.33. The number of hydrogen-bond acceptors (Lipinski definition) is 3. The quantitative estimate of drug-likeness (QED) is 0.818. The molecule has 132 valence electrons. The van der Waals surface area contributed by atoms with Crippen LogP contribution in [-0.4, -0.2) is 47.8 Å². The van der Waals surface area contributed by atoms with E-state index >= 15 is 0 Å². The van der Waals surface area contributed by atoms with Crippen molar-refractivity contribution < 1.29 is 22.8 Å². The van der Waals surface area contributed by atoms with Gasteiger partial charge in [-0.3, -0.25) is 14.5 Å². The van der Waals surface area contributed by atoms with Gasteiger partial charge in [-0.25, -0.2) is 0 Å². The van der Waals surface area contributed by atoms with Gasteiger partial charge in [-0.05, 0) is 37.6 Å². The summed E-state index contributed by atoms with van der Waals surface area (Å²) in [6.45, 7) is 0.274. The molecule has 0 radical (unpaired) electrons. The number of rotatable bonds is 7. The van der Waals surface area contributed by atoms with Gasteiger partial charge in [0.2, 0.25) is 11.8 Å². The molecule has 0 heterocycles. The second kappa shape index (κ2) is 7.21. The Balaban J connectivity index is 2.01. The van der Waals surface area contributed by atoms with Crippen LogP contribution >= 0.6 is 0 Å². The molecule has 1 aromatic carbocycles. The molecule has 5 nitrogen and oxygen atoms in total. The van der Waals surface area contributed by atoms with Crippen molar-refractivity contribution in [3.05, 3.63) is 35.4 Å². The summed E-state index contributed by atoms with van der Waals surface area (Å²) in [4.78, 5) is 26.4. The molecule has 0 aliphatic heterocycles. The maximum atomic E-state index is 12.6. The number of hydrogen-bond donors (Lipinski definition) is 1. The molecule has 0 aromatic heterocycles. The maximum Gasteiger partial charge on any atom is 0.416 e. The Morgan fingerprint density at radius 2 is 1.75 bits per heavy atom. The normalized spacial score (nSPS) is 14.7. The number of carbonyl (C=O) groups excluding carboxylic acids is 2. The predicted molar refractivity (Wildman–Crippen MR) is 81.7 cm³/mol. The molecule has 8 heteroatoms. The average Bonchev–Trinajstić information content (AvgIpc) is 3.27. The van der Waals surface area contributed by atoms with E-state index < -0.39 is 17.6 Å². The summed E-state index contributed by atoms with van der Waals surface area (Å²) < 4.78 is 37.8. The summed E-state index contributed by atoms with van der Waals surface area (Å²) in [6, 6.07) is 4.92. The van der Waals surface area contributed by atoms with Crippen molar-refractivity contribution in [2.45, 2.75) is 31.6 Å². The van der Waals surface area contributed by atoms with Crippen molar-refractivity contribution in [1.29, 1.82) is 0 Å². The average molecular weight is 343 g/mol. The predicted octanol–water partition coefficient (Wildman–Crippen LogP) is 1.61. The first kappa shape index (κ1) is 18.3. The third-order valence-electron chi connectivity index (χ3n) is 3.77. The van der Waals surface area contributed by atoms with Crippen molar-refractivity contribution in [3.63, 3.8) is 0 Å². The minimum atomic E-state index is -4.37. The van der Waals surface area contributed by atoms with Crippen LogP contribution in [0, 0.1) is 0 Å². The third kappa shape index (κ3) is 5.23. The lowest BCUT2D eigenvalue weighted by atomic mass is 10.1. The van der Waals surface area contributed by atoms with Gasteiger partial charge in [0, 0.05) is 12.6 Å². The van der Waals surface area contributed by atoms with Crippen LogP contribution in [0.25, 0.3) is 0 Å². The Morgan fingerprint density at radius 1 is 1.17 bits per heavy atom. The molecule has 0 saturated heterocycles. The molecule has 24 heavy (non-hydrogen) atoms. The number of primary amides is 1. The Bertz CT molecular complexity index is 598. The second-order valence-electron chi connectivity index (χ2n) is 6.09. The molecule has 0 atom stereocenters. The first-order valence-electron chi connectivity index (χ1n) is 7.59. The molecule has 2 N–H and O–H groups in total. The SMILES string of the molecule is CN(CC(N)=O)CC(=O)N(Cc1ccc(C(F)(F)F)cc1)C1CC1. The highest BCUT2D eigenvalue weighted by Crippen LogP contribution is 2.31. The van der Waals surface area contributed by atoms with Crippen molar-refractivity contribution in [1.82, 2.24) is 9.80 Å². The molecule has 1 fully saturated rings. The zero-order valence-corrected chi connectivity index (χ0v) is 13.3. The van der Waals surface area contributed by atoms with Crippen molar-refractivity contribution >= 4 is 11.8 Å². The highest BCUT2D eigenvalue weighted by atomic mass is 19.4. The molecule has 1 aromatic rings. The van der Waals surface area contributed by atoms with Crippen LogP contribution in [-0.2, 0) is 22.3 Å². The fourth-order valence-electron chi connectivity index (χ4n) is 2.45. The number of nitrogens with zero attached hydrogens (tertiary/aromatic N) is 2. The van der Waals surface area contributed by atoms with E-state index in [0.717, 1.165) is 25.0 Å². The lowest BCUT2D eigenvalue weighted by Gasteiger charge is -2.25. The van der Waals surface area contributed by atoms with Gasteiger partial charge in [0.05, 0.1) is 18.7 Å². The number of likely N-dealkylation sites (N-methyl/N-ethyl adjacent to an activating group) is 1. The van der Waals surface area contributed by atoms with Crippen LogP contribution in [0.5, 0.6) is 0 Å². The summed E-state index contributed by atoms with van der Waals surface area (Å²) in [6.07, 6.45) is -2.61. The van der Waals surface area contributed by atoms with Gasteiger partial charge in [-0.1, -0.05) is 12.1 Å². The van der Waals surface area contributed by atoms with Gasteiger partial charge >= 0.3 is 6.18 Å². The molecule has 1 aliphatic carbocycles. The molecule has 0 spiro atoms. The van der Waals surface area contributed by atoms with Gasteiger partial charge in [0.25, 0.3) is 0 Å². The number of nitrogens with two attached hydrogens (primary N) is 1. The Hall–Kier alpha value is -2.09. The summed E-state index contributed by atoms with van der Waals surface area (Å²) in [5, 5.41) is 0. The zero-order valence-electron chi connectivity index (χ0n) is 13.3. The van der Waals surface area contributed by atoms with E-state index in [1.807, 2.05) is 0 Å². The highest BCUT2D eigenvalue weighted by molar-refractivity contribution is 5.80. The molecule has 0 unspecified atom stereocenters. The summed E-state index contributed by atoms with van der Waals surface area (Å²) >= 11 is 0. The van der Waals surface area contributed by atoms with Crippen LogP contribution in [0.15, 0.2) is 24.3 Å². The lowest BCUT2D eigenvalue weighted by Crippen LogP contribution is -2.42. The number of benzene rings is 1. The Kier molecular flexibility index (Phi) is 5.48. The number of alkyl halides is 3. The van der Waals surface area contributed by atoms with E-state index in [9.17, 15) is 22.8 Å². The van der Waals surface area contributed by atoms with Gasteiger partial charge in [0.1, 0.15) is 0 Å².